The average molecular weight is 395 g/mol. The molecule has 0 radical (unpaired) electrons. The van der Waals surface area contributed by atoms with Gasteiger partial charge in [-0.15, -0.1) is 0 Å². The lowest BCUT2D eigenvalue weighted by Crippen LogP contribution is -1.93. The first kappa shape index (κ1) is 19.5. The van der Waals surface area contributed by atoms with Gasteiger partial charge in [-0.2, -0.15) is 0 Å². The monoisotopic (exact) mass is 394 g/mol. The van der Waals surface area contributed by atoms with Crippen LogP contribution in [0.5, 0.6) is 0 Å². The molecule has 0 saturated carbocycles. The van der Waals surface area contributed by atoms with Crippen LogP contribution in [-0.2, 0) is 0 Å². The highest BCUT2D eigenvalue weighted by atomic mass is 32.2. The number of rotatable bonds is 4. The van der Waals surface area contributed by atoms with Gasteiger partial charge < -0.3 is 0 Å². The molecule has 0 unspecified atom stereocenters. The van der Waals surface area contributed by atoms with Crippen LogP contribution in [0.4, 0.5) is 0 Å². The van der Waals surface area contributed by atoms with Gasteiger partial charge in [0.25, 0.3) is 0 Å². The van der Waals surface area contributed by atoms with Gasteiger partial charge in [0.2, 0.25) is 0 Å². The predicted molar refractivity (Wildman–Crippen MR) is 127 cm³/mol. The molecule has 4 rings (SSSR count). The lowest BCUT2D eigenvalue weighted by atomic mass is 9.98. The van der Waals surface area contributed by atoms with Crippen LogP contribution in [-0.4, -0.2) is 0 Å². The van der Waals surface area contributed by atoms with E-state index < -0.39 is 0 Å². The molecule has 1 heteroatoms. The first-order valence-electron chi connectivity index (χ1n) is 10.0. The molecule has 144 valence electrons. The smallest absolute Gasteiger partial charge is 0.0206 e. The summed E-state index contributed by atoms with van der Waals surface area (Å²) in [6, 6.07) is 30.7. The van der Waals surface area contributed by atoms with E-state index in [1.165, 1.54) is 54.3 Å². The summed E-state index contributed by atoms with van der Waals surface area (Å²) in [7, 11) is 0. The summed E-state index contributed by atoms with van der Waals surface area (Å²) in [5.41, 5.74) is 10.5. The first-order valence-corrected chi connectivity index (χ1v) is 10.9. The van der Waals surface area contributed by atoms with Gasteiger partial charge in [-0.1, -0.05) is 84.6 Å². The Morgan fingerprint density at radius 1 is 0.483 bits per heavy atom. The molecule has 0 aliphatic heterocycles. The molecule has 4 aromatic carbocycles. The zero-order valence-electron chi connectivity index (χ0n) is 17.5. The lowest BCUT2D eigenvalue weighted by molar-refractivity contribution is 1.27. The van der Waals surface area contributed by atoms with Gasteiger partial charge in [0.05, 0.1) is 0 Å². The van der Waals surface area contributed by atoms with E-state index in [2.05, 4.69) is 113 Å². The Bertz CT molecular complexity index is 1050. The third-order valence-corrected chi connectivity index (χ3v) is 6.32. The molecule has 0 spiro atoms. The quantitative estimate of drug-likeness (QED) is 0.335. The molecule has 0 heterocycles. The molecule has 0 fully saturated rings. The van der Waals surface area contributed by atoms with Crippen molar-refractivity contribution in [2.45, 2.75) is 37.5 Å². The van der Waals surface area contributed by atoms with Crippen LogP contribution in [0.2, 0.25) is 0 Å². The fourth-order valence-electron chi connectivity index (χ4n) is 4.09. The van der Waals surface area contributed by atoms with Gasteiger partial charge in [-0.3, -0.25) is 0 Å². The van der Waals surface area contributed by atoms with Crippen LogP contribution in [0.3, 0.4) is 0 Å². The van der Waals surface area contributed by atoms with Gasteiger partial charge in [0.15, 0.2) is 0 Å². The van der Waals surface area contributed by atoms with Crippen LogP contribution in [0.25, 0.3) is 22.3 Å². The van der Waals surface area contributed by atoms with Gasteiger partial charge in [-0.25, -0.2) is 0 Å². The fraction of sp³-hybridized carbons (Fsp3) is 0.143. The largest absolute Gasteiger partial charge is 0.0888 e. The maximum atomic E-state index is 2.33. The molecule has 0 aliphatic rings. The van der Waals surface area contributed by atoms with E-state index in [4.69, 9.17) is 0 Å². The first-order chi connectivity index (χ1) is 14.0. The van der Waals surface area contributed by atoms with E-state index in [-0.39, 0.29) is 0 Å². The van der Waals surface area contributed by atoms with Crippen LogP contribution >= 0.6 is 11.8 Å². The third-order valence-electron chi connectivity index (χ3n) is 5.23. The van der Waals surface area contributed by atoms with Crippen molar-refractivity contribution < 1.29 is 0 Å². The Labute approximate surface area is 178 Å². The molecule has 29 heavy (non-hydrogen) atoms. The molecule has 0 amide bonds. The summed E-state index contributed by atoms with van der Waals surface area (Å²) in [4.78, 5) is 2.63. The Hall–Kier alpha value is -2.77. The maximum Gasteiger partial charge on any atom is 0.0206 e. The number of aryl methyl sites for hydroxylation is 4. The molecule has 0 saturated heterocycles. The predicted octanol–water partition coefficient (Wildman–Crippen LogP) is 8.41. The summed E-state index contributed by atoms with van der Waals surface area (Å²) >= 11 is 1.89. The van der Waals surface area contributed by atoms with Crippen LogP contribution in [0.15, 0.2) is 94.7 Å². The van der Waals surface area contributed by atoms with Crippen molar-refractivity contribution in [3.05, 3.63) is 107 Å². The van der Waals surface area contributed by atoms with Crippen molar-refractivity contribution in [1.82, 2.24) is 0 Å². The van der Waals surface area contributed by atoms with Crippen molar-refractivity contribution in [1.29, 1.82) is 0 Å². The minimum atomic E-state index is 1.28. The Kier molecular flexibility index (Phi) is 5.60. The normalized spacial score (nSPS) is 10.9. The zero-order valence-corrected chi connectivity index (χ0v) is 18.3. The van der Waals surface area contributed by atoms with Crippen molar-refractivity contribution in [3.8, 4) is 22.3 Å². The number of benzene rings is 4. The summed E-state index contributed by atoms with van der Waals surface area (Å²) in [6.07, 6.45) is 0. The van der Waals surface area contributed by atoms with E-state index in [1.54, 1.807) is 0 Å². The van der Waals surface area contributed by atoms with Crippen LogP contribution < -0.4 is 0 Å². The highest BCUT2D eigenvalue weighted by Crippen LogP contribution is 2.43. The number of hydrogen-bond acceptors (Lipinski definition) is 1. The zero-order chi connectivity index (χ0) is 20.4. The summed E-state index contributed by atoms with van der Waals surface area (Å²) in [5.74, 6) is 0. The van der Waals surface area contributed by atoms with E-state index in [0.717, 1.165) is 0 Å². The van der Waals surface area contributed by atoms with Gasteiger partial charge >= 0.3 is 0 Å². The standard InChI is InChI=1S/C28H26S/c1-19-15-21(3)27(23-11-7-5-8-12-23)25(17-19)29-26-18-20(2)16-22(4)28(26)24-13-9-6-10-14-24/h5-18H,1-4H3. The van der Waals surface area contributed by atoms with E-state index in [1.807, 2.05) is 11.8 Å². The molecule has 0 atom stereocenters. The Morgan fingerprint density at radius 2 is 0.862 bits per heavy atom. The highest BCUT2D eigenvalue weighted by molar-refractivity contribution is 7.99. The minimum Gasteiger partial charge on any atom is -0.0888 e. The van der Waals surface area contributed by atoms with Crippen molar-refractivity contribution in [2.24, 2.45) is 0 Å². The van der Waals surface area contributed by atoms with Crippen molar-refractivity contribution in [3.63, 3.8) is 0 Å². The minimum absolute atomic E-state index is 1.28. The van der Waals surface area contributed by atoms with Gasteiger partial charge in [0.1, 0.15) is 0 Å². The molecule has 0 N–H and O–H groups in total. The third kappa shape index (κ3) is 4.16. The van der Waals surface area contributed by atoms with Crippen LogP contribution in [0, 0.1) is 27.7 Å². The molecule has 0 bridgehead atoms. The van der Waals surface area contributed by atoms with Gasteiger partial charge in [0, 0.05) is 9.79 Å². The summed E-state index contributed by atoms with van der Waals surface area (Å²) in [5, 5.41) is 0. The lowest BCUT2D eigenvalue weighted by Gasteiger charge is -2.18. The highest BCUT2D eigenvalue weighted by Gasteiger charge is 2.15. The average Bonchev–Trinajstić information content (AvgIpc) is 2.68. The second-order valence-corrected chi connectivity index (χ2v) is 8.83. The Morgan fingerprint density at radius 3 is 1.24 bits per heavy atom. The Balaban J connectivity index is 1.90. The maximum absolute atomic E-state index is 2.33. The molecular formula is C28H26S. The second-order valence-electron chi connectivity index (χ2n) is 7.74. The summed E-state index contributed by atoms with van der Waals surface area (Å²) < 4.78 is 0. The van der Waals surface area contributed by atoms with E-state index >= 15 is 0 Å². The molecule has 0 nitrogen and oxygen atoms in total. The second kappa shape index (κ2) is 8.31. The molecular weight excluding hydrogens is 368 g/mol. The van der Waals surface area contributed by atoms with Crippen molar-refractivity contribution >= 4 is 11.8 Å². The molecule has 0 aromatic heterocycles. The molecule has 0 aliphatic carbocycles. The SMILES string of the molecule is Cc1cc(C)c(-c2ccccc2)c(Sc2cc(C)cc(C)c2-c2ccccc2)c1. The summed E-state index contributed by atoms with van der Waals surface area (Å²) in [6.45, 7) is 8.81. The fourth-order valence-corrected chi connectivity index (χ4v) is 5.57. The topological polar surface area (TPSA) is 0 Å². The van der Waals surface area contributed by atoms with Crippen molar-refractivity contribution in [2.75, 3.05) is 0 Å². The van der Waals surface area contributed by atoms with E-state index in [9.17, 15) is 0 Å². The molecule has 4 aromatic rings. The number of hydrogen-bond donors (Lipinski definition) is 0. The van der Waals surface area contributed by atoms with Crippen LogP contribution in [0.1, 0.15) is 22.3 Å². The van der Waals surface area contributed by atoms with Gasteiger partial charge in [-0.05, 0) is 84.3 Å². The van der Waals surface area contributed by atoms with E-state index in [0.29, 0.717) is 0 Å².